The summed E-state index contributed by atoms with van der Waals surface area (Å²) in [5, 5.41) is 4.38. The second-order valence-electron chi connectivity index (χ2n) is 6.55. The maximum absolute atomic E-state index is 12.7. The highest BCUT2D eigenvalue weighted by Gasteiger charge is 2.24. The van der Waals surface area contributed by atoms with Gasteiger partial charge in [0.25, 0.3) is 0 Å². The van der Waals surface area contributed by atoms with Crippen molar-refractivity contribution in [3.05, 3.63) is 41.4 Å². The number of rotatable bonds is 4. The van der Waals surface area contributed by atoms with Crippen molar-refractivity contribution >= 4 is 50.0 Å². The minimum Gasteiger partial charge on any atom is -0.495 e. The predicted octanol–water partition coefficient (Wildman–Crippen LogP) is 4.32. The number of fused-ring (bicyclic) bond motifs is 1. The van der Waals surface area contributed by atoms with E-state index in [1.54, 1.807) is 48.7 Å². The van der Waals surface area contributed by atoms with Crippen LogP contribution in [0.1, 0.15) is 0 Å². The van der Waals surface area contributed by atoms with Gasteiger partial charge in [-0.05, 0) is 30.3 Å². The first-order chi connectivity index (χ1) is 14.1. The van der Waals surface area contributed by atoms with Crippen LogP contribution in [0.3, 0.4) is 0 Å². The van der Waals surface area contributed by atoms with E-state index < -0.39 is 0 Å². The van der Waals surface area contributed by atoms with Gasteiger partial charge in [0.05, 0.1) is 24.6 Å². The van der Waals surface area contributed by atoms with Crippen LogP contribution >= 0.6 is 22.9 Å². The molecule has 2 aromatic carbocycles. The number of methoxy groups -OCH3 is 2. The SMILES string of the molecule is COc1ccc(Cl)cc1NC(=O)N1CCN(c2nc3c(OC)cccc3s2)CC1. The van der Waals surface area contributed by atoms with Gasteiger partial charge in [0.15, 0.2) is 5.13 Å². The van der Waals surface area contributed by atoms with Gasteiger partial charge in [-0.1, -0.05) is 29.0 Å². The lowest BCUT2D eigenvalue weighted by Crippen LogP contribution is -2.50. The third kappa shape index (κ3) is 4.04. The summed E-state index contributed by atoms with van der Waals surface area (Å²) in [4.78, 5) is 21.4. The molecule has 0 unspecified atom stereocenters. The average Bonchev–Trinajstić information content (AvgIpc) is 3.18. The molecule has 2 amide bonds. The van der Waals surface area contributed by atoms with E-state index in [0.29, 0.717) is 42.6 Å². The third-order valence-corrected chi connectivity index (χ3v) is 6.15. The summed E-state index contributed by atoms with van der Waals surface area (Å²) in [6.45, 7) is 2.62. The fourth-order valence-corrected chi connectivity index (χ4v) is 4.49. The van der Waals surface area contributed by atoms with Gasteiger partial charge in [0.1, 0.15) is 17.0 Å². The largest absolute Gasteiger partial charge is 0.495 e. The number of thiazole rings is 1. The summed E-state index contributed by atoms with van der Waals surface area (Å²) in [7, 11) is 3.21. The summed E-state index contributed by atoms with van der Waals surface area (Å²) in [6, 6.07) is 10.9. The number of ether oxygens (including phenoxy) is 2. The molecule has 9 heteroatoms. The van der Waals surface area contributed by atoms with Crippen molar-refractivity contribution in [1.29, 1.82) is 0 Å². The Morgan fingerprint density at radius 2 is 1.86 bits per heavy atom. The van der Waals surface area contributed by atoms with E-state index in [0.717, 1.165) is 21.1 Å². The highest BCUT2D eigenvalue weighted by atomic mass is 35.5. The number of benzene rings is 2. The lowest BCUT2D eigenvalue weighted by atomic mass is 10.3. The molecule has 0 atom stereocenters. The topological polar surface area (TPSA) is 66.9 Å². The molecule has 1 aromatic heterocycles. The molecule has 29 heavy (non-hydrogen) atoms. The van der Waals surface area contributed by atoms with Crippen LogP contribution in [-0.2, 0) is 0 Å². The summed E-state index contributed by atoms with van der Waals surface area (Å²) in [5.74, 6) is 1.35. The summed E-state index contributed by atoms with van der Waals surface area (Å²) < 4.78 is 11.8. The van der Waals surface area contributed by atoms with Crippen molar-refractivity contribution in [1.82, 2.24) is 9.88 Å². The van der Waals surface area contributed by atoms with Crippen molar-refractivity contribution in [2.24, 2.45) is 0 Å². The fourth-order valence-electron chi connectivity index (χ4n) is 3.28. The number of nitrogens with zero attached hydrogens (tertiary/aromatic N) is 3. The van der Waals surface area contributed by atoms with Gasteiger partial charge in [0.2, 0.25) is 0 Å². The third-order valence-electron chi connectivity index (χ3n) is 4.83. The second kappa shape index (κ2) is 8.34. The van der Waals surface area contributed by atoms with E-state index in [1.807, 2.05) is 18.2 Å². The number of halogens is 1. The molecule has 1 saturated heterocycles. The first kappa shape index (κ1) is 19.6. The minimum absolute atomic E-state index is 0.170. The summed E-state index contributed by atoms with van der Waals surface area (Å²) in [6.07, 6.45) is 0. The zero-order valence-electron chi connectivity index (χ0n) is 16.1. The van der Waals surface area contributed by atoms with E-state index in [1.165, 1.54) is 0 Å². The number of urea groups is 1. The number of carbonyl (C=O) groups excluding carboxylic acids is 1. The normalized spacial score (nSPS) is 14.2. The van der Waals surface area contributed by atoms with Gasteiger partial charge in [0, 0.05) is 31.2 Å². The molecule has 0 spiro atoms. The van der Waals surface area contributed by atoms with Crippen LogP contribution in [0.2, 0.25) is 5.02 Å². The molecule has 0 radical (unpaired) electrons. The number of anilines is 2. The molecule has 2 heterocycles. The maximum Gasteiger partial charge on any atom is 0.322 e. The van der Waals surface area contributed by atoms with E-state index in [2.05, 4.69) is 10.2 Å². The van der Waals surface area contributed by atoms with Crippen LogP contribution in [0.4, 0.5) is 15.6 Å². The Labute approximate surface area is 177 Å². The zero-order chi connectivity index (χ0) is 20.4. The van der Waals surface area contributed by atoms with Gasteiger partial charge < -0.3 is 24.6 Å². The van der Waals surface area contributed by atoms with Gasteiger partial charge in [-0.25, -0.2) is 9.78 Å². The Bertz CT molecular complexity index is 1030. The van der Waals surface area contributed by atoms with Crippen LogP contribution in [0.15, 0.2) is 36.4 Å². The molecule has 0 saturated carbocycles. The summed E-state index contributed by atoms with van der Waals surface area (Å²) in [5.41, 5.74) is 1.44. The first-order valence-electron chi connectivity index (χ1n) is 9.17. The lowest BCUT2D eigenvalue weighted by Gasteiger charge is -2.34. The molecule has 0 aliphatic carbocycles. The molecular weight excluding hydrogens is 412 g/mol. The van der Waals surface area contributed by atoms with Crippen molar-refractivity contribution in [3.63, 3.8) is 0 Å². The van der Waals surface area contributed by atoms with Crippen LogP contribution in [0, 0.1) is 0 Å². The molecular formula is C20H21ClN4O3S. The molecule has 0 bridgehead atoms. The highest BCUT2D eigenvalue weighted by Crippen LogP contribution is 2.34. The first-order valence-corrected chi connectivity index (χ1v) is 10.4. The standard InChI is InChI=1S/C20H21ClN4O3S/c1-27-15-7-6-13(21)12-14(15)22-19(26)24-8-10-25(11-9-24)20-23-18-16(28-2)4-3-5-17(18)29-20/h3-7,12H,8-11H2,1-2H3,(H,22,26). The van der Waals surface area contributed by atoms with Crippen molar-refractivity contribution in [3.8, 4) is 11.5 Å². The zero-order valence-corrected chi connectivity index (χ0v) is 17.7. The molecule has 1 aliphatic heterocycles. The van der Waals surface area contributed by atoms with Crippen molar-refractivity contribution < 1.29 is 14.3 Å². The number of hydrogen-bond acceptors (Lipinski definition) is 6. The van der Waals surface area contributed by atoms with E-state index in [9.17, 15) is 4.79 Å². The quantitative estimate of drug-likeness (QED) is 0.665. The molecule has 4 rings (SSSR count). The van der Waals surface area contributed by atoms with Crippen LogP contribution in [0.25, 0.3) is 10.2 Å². The smallest absolute Gasteiger partial charge is 0.322 e. The minimum atomic E-state index is -0.170. The second-order valence-corrected chi connectivity index (χ2v) is 8.00. The van der Waals surface area contributed by atoms with E-state index in [-0.39, 0.29) is 6.03 Å². The van der Waals surface area contributed by atoms with Gasteiger partial charge >= 0.3 is 6.03 Å². The molecule has 7 nitrogen and oxygen atoms in total. The van der Waals surface area contributed by atoms with E-state index >= 15 is 0 Å². The van der Waals surface area contributed by atoms with E-state index in [4.69, 9.17) is 26.1 Å². The number of amides is 2. The van der Waals surface area contributed by atoms with Crippen molar-refractivity contribution in [2.75, 3.05) is 50.6 Å². The number of piperazine rings is 1. The van der Waals surface area contributed by atoms with Gasteiger partial charge in [-0.15, -0.1) is 0 Å². The predicted molar refractivity (Wildman–Crippen MR) is 117 cm³/mol. The number of aromatic nitrogens is 1. The van der Waals surface area contributed by atoms with Gasteiger partial charge in [-0.3, -0.25) is 0 Å². The average molecular weight is 433 g/mol. The monoisotopic (exact) mass is 432 g/mol. The Morgan fingerprint density at radius 1 is 1.10 bits per heavy atom. The fraction of sp³-hybridized carbons (Fsp3) is 0.300. The highest BCUT2D eigenvalue weighted by molar-refractivity contribution is 7.22. The number of nitrogens with one attached hydrogen (secondary N) is 1. The molecule has 152 valence electrons. The number of hydrogen-bond donors (Lipinski definition) is 1. The maximum atomic E-state index is 12.7. The van der Waals surface area contributed by atoms with Gasteiger partial charge in [-0.2, -0.15) is 0 Å². The Balaban J connectivity index is 1.42. The Kier molecular flexibility index (Phi) is 5.64. The number of carbonyl (C=O) groups is 1. The Morgan fingerprint density at radius 3 is 2.59 bits per heavy atom. The Hall–Kier alpha value is -2.71. The lowest BCUT2D eigenvalue weighted by molar-refractivity contribution is 0.208. The number of para-hydroxylation sites is 1. The molecule has 1 fully saturated rings. The van der Waals surface area contributed by atoms with Crippen LogP contribution < -0.4 is 19.7 Å². The van der Waals surface area contributed by atoms with Crippen LogP contribution in [0.5, 0.6) is 11.5 Å². The van der Waals surface area contributed by atoms with Crippen molar-refractivity contribution in [2.45, 2.75) is 0 Å². The van der Waals surface area contributed by atoms with Crippen LogP contribution in [-0.4, -0.2) is 56.3 Å². The summed E-state index contributed by atoms with van der Waals surface area (Å²) >= 11 is 7.68. The molecule has 1 aliphatic rings. The molecule has 1 N–H and O–H groups in total. The molecule has 3 aromatic rings.